The van der Waals surface area contributed by atoms with Crippen molar-refractivity contribution in [1.29, 1.82) is 0 Å². The second kappa shape index (κ2) is 10.6. The van der Waals surface area contributed by atoms with Gasteiger partial charge in [-0.2, -0.15) is 0 Å². The molecule has 0 saturated carbocycles. The Kier molecular flexibility index (Phi) is 7.33. The highest BCUT2D eigenvalue weighted by Gasteiger charge is 2.23. The monoisotopic (exact) mass is 479 g/mol. The van der Waals surface area contributed by atoms with Crippen molar-refractivity contribution in [2.45, 2.75) is 0 Å². The Hall–Kier alpha value is -3.28. The van der Waals surface area contributed by atoms with Crippen LogP contribution in [-0.2, 0) is 4.79 Å². The van der Waals surface area contributed by atoms with Crippen molar-refractivity contribution in [3.8, 4) is 0 Å². The van der Waals surface area contributed by atoms with Gasteiger partial charge in [-0.15, -0.1) is 0 Å². The van der Waals surface area contributed by atoms with E-state index in [0.29, 0.717) is 47.4 Å². The number of piperazine rings is 1. The molecular formula is C26H23Cl2N3O2. The van der Waals surface area contributed by atoms with Crippen molar-refractivity contribution >= 4 is 52.5 Å². The van der Waals surface area contributed by atoms with Crippen LogP contribution in [0, 0.1) is 0 Å². The molecule has 33 heavy (non-hydrogen) atoms. The van der Waals surface area contributed by atoms with Crippen molar-refractivity contribution in [1.82, 2.24) is 4.90 Å². The molecule has 1 heterocycles. The molecular weight excluding hydrogens is 457 g/mol. The molecule has 7 heteroatoms. The van der Waals surface area contributed by atoms with Gasteiger partial charge in [-0.05, 0) is 48.0 Å². The topological polar surface area (TPSA) is 52.7 Å². The standard InChI is InChI=1S/C26H23Cl2N3O2/c27-21-12-10-19(22(28)18-21)11-13-25(32)29-23-8-4-5-9-24(23)30-14-16-31(17-15-30)26(33)20-6-2-1-3-7-20/h1-13,18H,14-17H2,(H,29,32). The molecule has 0 atom stereocenters. The van der Waals surface area contributed by atoms with E-state index in [1.807, 2.05) is 59.5 Å². The molecule has 168 valence electrons. The number of anilines is 2. The van der Waals surface area contributed by atoms with Crippen LogP contribution in [0.1, 0.15) is 15.9 Å². The van der Waals surface area contributed by atoms with Crippen molar-refractivity contribution in [2.75, 3.05) is 36.4 Å². The van der Waals surface area contributed by atoms with Crippen LogP contribution in [0.15, 0.2) is 78.9 Å². The minimum atomic E-state index is -0.258. The molecule has 0 aromatic heterocycles. The van der Waals surface area contributed by atoms with Crippen LogP contribution in [0.25, 0.3) is 6.08 Å². The molecule has 0 aliphatic carbocycles. The van der Waals surface area contributed by atoms with Gasteiger partial charge in [0.15, 0.2) is 0 Å². The molecule has 3 aromatic carbocycles. The number of amides is 2. The molecule has 1 aliphatic heterocycles. The normalized spacial score (nSPS) is 13.9. The van der Waals surface area contributed by atoms with E-state index in [0.717, 1.165) is 11.4 Å². The molecule has 3 aromatic rings. The quantitative estimate of drug-likeness (QED) is 0.484. The fourth-order valence-electron chi connectivity index (χ4n) is 3.75. The number of nitrogens with one attached hydrogen (secondary N) is 1. The van der Waals surface area contributed by atoms with Gasteiger partial charge in [0.25, 0.3) is 5.91 Å². The fraction of sp³-hybridized carbons (Fsp3) is 0.154. The highest BCUT2D eigenvalue weighted by Crippen LogP contribution is 2.27. The number of nitrogens with zero attached hydrogens (tertiary/aromatic N) is 2. The highest BCUT2D eigenvalue weighted by atomic mass is 35.5. The summed E-state index contributed by atoms with van der Waals surface area (Å²) < 4.78 is 0. The largest absolute Gasteiger partial charge is 0.366 e. The van der Waals surface area contributed by atoms with E-state index in [-0.39, 0.29) is 11.8 Å². The predicted octanol–water partition coefficient (Wildman–Crippen LogP) is 5.61. The van der Waals surface area contributed by atoms with Gasteiger partial charge >= 0.3 is 0 Å². The maximum Gasteiger partial charge on any atom is 0.253 e. The number of halogens is 2. The van der Waals surface area contributed by atoms with Crippen LogP contribution in [0.4, 0.5) is 11.4 Å². The number of para-hydroxylation sites is 2. The number of hydrogen-bond donors (Lipinski definition) is 1. The van der Waals surface area contributed by atoms with E-state index in [2.05, 4.69) is 10.2 Å². The lowest BCUT2D eigenvalue weighted by Gasteiger charge is -2.37. The Morgan fingerprint density at radius 3 is 2.27 bits per heavy atom. The van der Waals surface area contributed by atoms with Crippen LogP contribution in [0.2, 0.25) is 10.0 Å². The number of hydrogen-bond acceptors (Lipinski definition) is 3. The minimum Gasteiger partial charge on any atom is -0.366 e. The molecule has 1 N–H and O–H groups in total. The summed E-state index contributed by atoms with van der Waals surface area (Å²) in [4.78, 5) is 29.3. The van der Waals surface area contributed by atoms with E-state index in [4.69, 9.17) is 23.2 Å². The van der Waals surface area contributed by atoms with Crippen LogP contribution < -0.4 is 10.2 Å². The van der Waals surface area contributed by atoms with Gasteiger partial charge < -0.3 is 15.1 Å². The third kappa shape index (κ3) is 5.75. The SMILES string of the molecule is O=C(C=Cc1ccc(Cl)cc1Cl)Nc1ccccc1N1CCN(C(=O)c2ccccc2)CC1. The summed E-state index contributed by atoms with van der Waals surface area (Å²) in [6.07, 6.45) is 3.10. The third-order valence-corrected chi connectivity index (χ3v) is 6.03. The Bertz CT molecular complexity index is 1170. The first-order valence-corrected chi connectivity index (χ1v) is 11.4. The summed E-state index contributed by atoms with van der Waals surface area (Å²) in [6, 6.07) is 22.1. The molecule has 1 aliphatic rings. The van der Waals surface area contributed by atoms with Gasteiger partial charge in [0, 0.05) is 47.9 Å². The van der Waals surface area contributed by atoms with E-state index in [9.17, 15) is 9.59 Å². The summed E-state index contributed by atoms with van der Waals surface area (Å²) >= 11 is 12.1. The lowest BCUT2D eigenvalue weighted by molar-refractivity contribution is -0.111. The molecule has 1 fully saturated rings. The van der Waals surface area contributed by atoms with E-state index in [1.54, 1.807) is 24.3 Å². The average Bonchev–Trinajstić information content (AvgIpc) is 2.84. The first-order valence-electron chi connectivity index (χ1n) is 10.6. The molecule has 0 unspecified atom stereocenters. The maximum atomic E-state index is 12.7. The van der Waals surface area contributed by atoms with Gasteiger partial charge in [0.1, 0.15) is 0 Å². The van der Waals surface area contributed by atoms with E-state index in [1.165, 1.54) is 6.08 Å². The molecule has 0 radical (unpaired) electrons. The number of benzene rings is 3. The molecule has 0 bridgehead atoms. The zero-order valence-electron chi connectivity index (χ0n) is 17.9. The fourth-order valence-corrected chi connectivity index (χ4v) is 4.22. The third-order valence-electron chi connectivity index (χ3n) is 5.47. The zero-order valence-corrected chi connectivity index (χ0v) is 19.4. The summed E-state index contributed by atoms with van der Waals surface area (Å²) in [5.41, 5.74) is 3.06. The van der Waals surface area contributed by atoms with Gasteiger partial charge in [0.2, 0.25) is 5.91 Å². The zero-order chi connectivity index (χ0) is 23.2. The predicted molar refractivity (Wildman–Crippen MR) is 135 cm³/mol. The molecule has 1 saturated heterocycles. The number of carbonyl (C=O) groups excluding carboxylic acids is 2. The summed E-state index contributed by atoms with van der Waals surface area (Å²) in [5.74, 6) is -0.214. The van der Waals surface area contributed by atoms with Gasteiger partial charge in [-0.1, -0.05) is 59.6 Å². The summed E-state index contributed by atoms with van der Waals surface area (Å²) in [7, 11) is 0. The smallest absolute Gasteiger partial charge is 0.253 e. The lowest BCUT2D eigenvalue weighted by atomic mass is 10.1. The highest BCUT2D eigenvalue weighted by molar-refractivity contribution is 6.35. The minimum absolute atomic E-state index is 0.0443. The van der Waals surface area contributed by atoms with Crippen LogP contribution >= 0.6 is 23.2 Å². The Morgan fingerprint density at radius 1 is 0.848 bits per heavy atom. The Morgan fingerprint density at radius 2 is 1.55 bits per heavy atom. The van der Waals surface area contributed by atoms with Crippen molar-refractivity contribution in [3.63, 3.8) is 0 Å². The molecule has 5 nitrogen and oxygen atoms in total. The lowest BCUT2D eigenvalue weighted by Crippen LogP contribution is -2.49. The van der Waals surface area contributed by atoms with Crippen molar-refractivity contribution in [3.05, 3.63) is 100 Å². The van der Waals surface area contributed by atoms with Gasteiger partial charge in [-0.25, -0.2) is 0 Å². The average molecular weight is 480 g/mol. The van der Waals surface area contributed by atoms with E-state index >= 15 is 0 Å². The first-order chi connectivity index (χ1) is 16.0. The molecule has 0 spiro atoms. The maximum absolute atomic E-state index is 12.7. The second-order valence-corrected chi connectivity index (χ2v) is 8.49. The summed E-state index contributed by atoms with van der Waals surface area (Å²) in [5, 5.41) is 3.98. The van der Waals surface area contributed by atoms with Crippen LogP contribution in [-0.4, -0.2) is 42.9 Å². The van der Waals surface area contributed by atoms with E-state index < -0.39 is 0 Å². The molecule has 4 rings (SSSR count). The van der Waals surface area contributed by atoms with Crippen LogP contribution in [0.5, 0.6) is 0 Å². The van der Waals surface area contributed by atoms with Crippen molar-refractivity contribution < 1.29 is 9.59 Å². The van der Waals surface area contributed by atoms with Gasteiger partial charge in [0.05, 0.1) is 11.4 Å². The first kappa shape index (κ1) is 22.9. The molecule has 2 amide bonds. The number of carbonyl (C=O) groups is 2. The Balaban J connectivity index is 1.40. The van der Waals surface area contributed by atoms with Gasteiger partial charge in [-0.3, -0.25) is 9.59 Å². The number of rotatable bonds is 5. The summed E-state index contributed by atoms with van der Waals surface area (Å²) in [6.45, 7) is 2.60. The second-order valence-electron chi connectivity index (χ2n) is 7.65. The van der Waals surface area contributed by atoms with Crippen LogP contribution in [0.3, 0.4) is 0 Å². The van der Waals surface area contributed by atoms with Crippen molar-refractivity contribution in [2.24, 2.45) is 0 Å². The Labute approximate surface area is 203 Å².